The zero-order valence-corrected chi connectivity index (χ0v) is 24.3. The van der Waals surface area contributed by atoms with Gasteiger partial charge in [-0.25, -0.2) is 4.90 Å². The number of aryl methyl sites for hydroxylation is 2. The van der Waals surface area contributed by atoms with Crippen molar-refractivity contribution in [2.24, 2.45) is 5.92 Å². The molecule has 0 aliphatic carbocycles. The van der Waals surface area contributed by atoms with Crippen LogP contribution in [-0.2, 0) is 20.9 Å². The average Bonchev–Trinajstić information content (AvgIpc) is 3.41. The predicted octanol–water partition coefficient (Wildman–Crippen LogP) is 4.97. The number of thioether (sulfide) groups is 1. The Morgan fingerprint density at radius 1 is 0.878 bits per heavy atom. The van der Waals surface area contributed by atoms with E-state index in [0.717, 1.165) is 28.0 Å². The Hall–Kier alpha value is -4.15. The van der Waals surface area contributed by atoms with Gasteiger partial charge in [0.1, 0.15) is 17.5 Å². The van der Waals surface area contributed by atoms with E-state index in [1.54, 1.807) is 43.5 Å². The highest BCUT2D eigenvalue weighted by Crippen LogP contribution is 2.54. The molecule has 2 aliphatic rings. The van der Waals surface area contributed by atoms with Gasteiger partial charge in [-0.05, 0) is 55.8 Å². The van der Waals surface area contributed by atoms with Gasteiger partial charge < -0.3 is 10.1 Å². The number of ether oxygens (including phenoxy) is 1. The van der Waals surface area contributed by atoms with Crippen LogP contribution in [0.2, 0.25) is 0 Å². The van der Waals surface area contributed by atoms with Crippen LogP contribution in [0.3, 0.4) is 0 Å². The van der Waals surface area contributed by atoms with Crippen molar-refractivity contribution in [3.05, 3.63) is 104 Å². The highest BCUT2D eigenvalue weighted by Gasteiger charge is 2.56. The van der Waals surface area contributed by atoms with Gasteiger partial charge in [0.25, 0.3) is 0 Å². The lowest BCUT2D eigenvalue weighted by molar-refractivity contribution is -0.122. The number of amides is 3. The second-order valence-electron chi connectivity index (χ2n) is 10.2. The van der Waals surface area contributed by atoms with E-state index in [2.05, 4.69) is 5.32 Å². The van der Waals surface area contributed by atoms with Crippen LogP contribution in [0, 0.1) is 19.8 Å². The first kappa shape index (κ1) is 27.0. The fraction of sp³-hybridized carbons (Fsp3) is 0.226. The maximum Gasteiger partial charge on any atom is 0.308 e. The second kappa shape index (κ2) is 10.7. The van der Waals surface area contributed by atoms with Gasteiger partial charge in [-0.2, -0.15) is 0 Å². The minimum Gasteiger partial charge on any atom is -0.497 e. The molecule has 2 aliphatic heterocycles. The van der Waals surface area contributed by atoms with E-state index >= 15 is 0 Å². The number of nitrogens with zero attached hydrogens (tertiary/aromatic N) is 2. The Kier molecular flexibility index (Phi) is 7.04. The van der Waals surface area contributed by atoms with Crippen molar-refractivity contribution in [1.82, 2.24) is 4.57 Å². The van der Waals surface area contributed by atoms with Crippen LogP contribution in [0.4, 0.5) is 11.4 Å². The first-order valence-corrected chi connectivity index (χ1v) is 14.8. The van der Waals surface area contributed by atoms with E-state index < -0.39 is 17.1 Å². The topological polar surface area (TPSA) is 97.7 Å². The monoisotopic (exact) mass is 585 g/mol. The van der Waals surface area contributed by atoms with Crippen LogP contribution in [-0.4, -0.2) is 34.6 Å². The summed E-state index contributed by atoms with van der Waals surface area (Å²) in [6, 6.07) is 22.0. The maximum absolute atomic E-state index is 14.0. The van der Waals surface area contributed by atoms with Gasteiger partial charge in [0.05, 0.1) is 23.7 Å². The molecular formula is C31H27N3O5S2. The van der Waals surface area contributed by atoms with Crippen molar-refractivity contribution >= 4 is 52.2 Å². The number of anilines is 2. The normalized spacial score (nSPS) is 19.6. The summed E-state index contributed by atoms with van der Waals surface area (Å²) >= 11 is 2.23. The molecule has 3 atom stereocenters. The largest absolute Gasteiger partial charge is 0.497 e. The third-order valence-electron chi connectivity index (χ3n) is 7.45. The molecule has 0 radical (unpaired) electrons. The number of carbonyl (C=O) groups excluding carboxylic acids is 3. The Balaban J connectivity index is 1.40. The molecule has 0 saturated carbocycles. The number of rotatable bonds is 6. The van der Waals surface area contributed by atoms with Gasteiger partial charge in [-0.15, -0.1) is 0 Å². The number of nitrogens with one attached hydrogen (secondary N) is 1. The Morgan fingerprint density at radius 2 is 1.51 bits per heavy atom. The molecular weight excluding hydrogens is 558 g/mol. The first-order chi connectivity index (χ1) is 19.7. The van der Waals surface area contributed by atoms with E-state index in [0.29, 0.717) is 27.0 Å². The first-order valence-electron chi connectivity index (χ1n) is 13.1. The van der Waals surface area contributed by atoms with E-state index in [9.17, 15) is 19.2 Å². The molecule has 0 spiro atoms. The third-order valence-corrected chi connectivity index (χ3v) is 10.1. The number of fused-ring (bicyclic) bond motifs is 2. The molecule has 6 rings (SSSR count). The molecule has 4 aromatic rings. The van der Waals surface area contributed by atoms with Crippen molar-refractivity contribution in [1.29, 1.82) is 0 Å². The van der Waals surface area contributed by atoms with E-state index in [-0.39, 0.29) is 29.1 Å². The molecule has 0 bridgehead atoms. The Morgan fingerprint density at radius 3 is 2.15 bits per heavy atom. The summed E-state index contributed by atoms with van der Waals surface area (Å²) in [4.78, 5) is 55.8. The Labute approximate surface area is 245 Å². The van der Waals surface area contributed by atoms with Crippen LogP contribution in [0.25, 0.3) is 0 Å². The van der Waals surface area contributed by atoms with Gasteiger partial charge in [0, 0.05) is 16.5 Å². The molecule has 3 unspecified atom stereocenters. The highest BCUT2D eigenvalue weighted by molar-refractivity contribution is 8.00. The molecule has 1 N–H and O–H groups in total. The van der Waals surface area contributed by atoms with E-state index in [1.807, 2.05) is 50.2 Å². The molecule has 1 fully saturated rings. The predicted molar refractivity (Wildman–Crippen MR) is 160 cm³/mol. The Bertz CT molecular complexity index is 1710. The molecule has 10 heteroatoms. The van der Waals surface area contributed by atoms with Crippen molar-refractivity contribution in [3.63, 3.8) is 0 Å². The van der Waals surface area contributed by atoms with Gasteiger partial charge in [0.2, 0.25) is 17.7 Å². The number of carbonyl (C=O) groups is 3. The molecule has 208 valence electrons. The average molecular weight is 586 g/mol. The van der Waals surface area contributed by atoms with Crippen LogP contribution >= 0.6 is 23.1 Å². The summed E-state index contributed by atoms with van der Waals surface area (Å²) < 4.78 is 6.75. The summed E-state index contributed by atoms with van der Waals surface area (Å²) in [7, 11) is 1.58. The third kappa shape index (κ3) is 4.87. The molecule has 3 heterocycles. The summed E-state index contributed by atoms with van der Waals surface area (Å²) in [5.74, 6) is -1.56. The second-order valence-corrected chi connectivity index (χ2v) is 12.3. The number of benzene rings is 3. The lowest BCUT2D eigenvalue weighted by atomic mass is 9.83. The van der Waals surface area contributed by atoms with Gasteiger partial charge in [-0.3, -0.25) is 23.7 Å². The van der Waals surface area contributed by atoms with Crippen LogP contribution in [0.1, 0.15) is 27.5 Å². The molecule has 8 nitrogen and oxygen atoms in total. The van der Waals surface area contributed by atoms with Gasteiger partial charge in [-0.1, -0.05) is 70.6 Å². The van der Waals surface area contributed by atoms with Crippen molar-refractivity contribution < 1.29 is 19.1 Å². The van der Waals surface area contributed by atoms with Crippen molar-refractivity contribution in [3.8, 4) is 5.75 Å². The van der Waals surface area contributed by atoms with Gasteiger partial charge in [0.15, 0.2) is 0 Å². The summed E-state index contributed by atoms with van der Waals surface area (Å²) in [6.07, 6.45) is 0. The molecule has 3 aromatic carbocycles. The summed E-state index contributed by atoms with van der Waals surface area (Å²) in [5.41, 5.74) is 4.04. The minimum absolute atomic E-state index is 0.206. The number of hydrogen-bond acceptors (Lipinski definition) is 7. The zero-order chi connectivity index (χ0) is 28.8. The molecule has 1 aromatic heterocycles. The van der Waals surface area contributed by atoms with Crippen LogP contribution in [0.15, 0.2) is 82.6 Å². The van der Waals surface area contributed by atoms with Crippen LogP contribution in [0.5, 0.6) is 5.75 Å². The van der Waals surface area contributed by atoms with E-state index in [1.165, 1.54) is 21.2 Å². The minimum atomic E-state index is -0.746. The lowest BCUT2D eigenvalue weighted by Gasteiger charge is -2.30. The van der Waals surface area contributed by atoms with E-state index in [4.69, 9.17) is 4.74 Å². The molecule has 1 saturated heterocycles. The van der Waals surface area contributed by atoms with Gasteiger partial charge >= 0.3 is 4.87 Å². The smallest absolute Gasteiger partial charge is 0.308 e. The maximum atomic E-state index is 14.0. The standard InChI is InChI=1S/C31H27N3O5S2/c1-17-4-10-20(11-5-17)32-23(35)16-33-30-27(41-31(33)38)24(19-8-14-22(39-3)15-9-19)25-26(40-30)29(37)34(28(25)36)21-12-6-18(2)7-13-21/h4-15,24-26H,16H2,1-3H3,(H,32,35). The molecule has 41 heavy (non-hydrogen) atoms. The number of thiazole rings is 1. The quantitative estimate of drug-likeness (QED) is 0.321. The number of methoxy groups -OCH3 is 1. The fourth-order valence-corrected chi connectivity index (χ4v) is 8.13. The SMILES string of the molecule is COc1ccc(C2c3sc(=O)n(CC(=O)Nc4ccc(C)cc4)c3SC3C(=O)N(c4ccc(C)cc4)C(=O)C32)cc1. The zero-order valence-electron chi connectivity index (χ0n) is 22.6. The van der Waals surface area contributed by atoms with Crippen LogP contribution < -0.4 is 19.8 Å². The van der Waals surface area contributed by atoms with Crippen molar-refractivity contribution in [2.45, 2.75) is 36.6 Å². The molecule has 3 amide bonds. The highest BCUT2D eigenvalue weighted by atomic mass is 32.2. The van der Waals surface area contributed by atoms with Crippen molar-refractivity contribution in [2.75, 3.05) is 17.3 Å². The lowest BCUT2D eigenvalue weighted by Crippen LogP contribution is -2.33. The number of imide groups is 1. The number of hydrogen-bond donors (Lipinski definition) is 1. The fourth-order valence-electron chi connectivity index (χ4n) is 5.36. The summed E-state index contributed by atoms with van der Waals surface area (Å²) in [6.45, 7) is 3.70. The summed E-state index contributed by atoms with van der Waals surface area (Å²) in [5, 5.41) is 2.65. The number of aromatic nitrogens is 1.